The fraction of sp³-hybridized carbons (Fsp3) is 0. The van der Waals surface area contributed by atoms with E-state index in [-0.39, 0.29) is 22.0 Å². The maximum Gasteiger partial charge on any atom is 0.258 e. The van der Waals surface area contributed by atoms with E-state index in [1.165, 1.54) is 30.5 Å². The number of aromatic nitrogens is 1. The van der Waals surface area contributed by atoms with Crippen molar-refractivity contribution in [3.63, 3.8) is 0 Å². The maximum atomic E-state index is 12.0. The molecule has 1 aromatic carbocycles. The van der Waals surface area contributed by atoms with Gasteiger partial charge in [0.1, 0.15) is 5.82 Å². The van der Waals surface area contributed by atoms with Gasteiger partial charge in [0.2, 0.25) is 0 Å². The van der Waals surface area contributed by atoms with E-state index in [0.717, 1.165) is 0 Å². The van der Waals surface area contributed by atoms with Gasteiger partial charge in [-0.05, 0) is 41.9 Å². The number of nitrogens with one attached hydrogen (secondary N) is 1. The molecule has 0 radical (unpaired) electrons. The van der Waals surface area contributed by atoms with Gasteiger partial charge in [-0.3, -0.25) is 9.59 Å². The van der Waals surface area contributed by atoms with Gasteiger partial charge in [0.25, 0.3) is 11.1 Å². The highest BCUT2D eigenvalue weighted by Crippen LogP contribution is 2.21. The number of pyridine rings is 1. The minimum atomic E-state index is -0.617. The number of amides is 1. The molecular weight excluding hydrogens is 323 g/mol. The van der Waals surface area contributed by atoms with Crippen LogP contribution < -0.4 is 5.32 Å². The number of nitrogens with zero attached hydrogens (tertiary/aromatic N) is 1. The lowest BCUT2D eigenvalue weighted by atomic mass is 10.2. The van der Waals surface area contributed by atoms with E-state index in [1.807, 2.05) is 0 Å². The first-order valence-electron chi connectivity index (χ1n) is 5.39. The highest BCUT2D eigenvalue weighted by molar-refractivity contribution is 6.67. The van der Waals surface area contributed by atoms with Crippen LogP contribution in [0.25, 0.3) is 0 Å². The monoisotopic (exact) mass is 328 g/mol. The molecule has 0 saturated carbocycles. The van der Waals surface area contributed by atoms with Crippen LogP contribution >= 0.6 is 34.8 Å². The van der Waals surface area contributed by atoms with Crippen molar-refractivity contribution in [3.8, 4) is 0 Å². The van der Waals surface area contributed by atoms with Crippen LogP contribution in [0, 0.1) is 0 Å². The number of rotatable bonds is 3. The number of anilines is 1. The Morgan fingerprint density at radius 2 is 1.85 bits per heavy atom. The van der Waals surface area contributed by atoms with Gasteiger partial charge in [0, 0.05) is 11.2 Å². The van der Waals surface area contributed by atoms with Crippen molar-refractivity contribution in [1.82, 2.24) is 4.98 Å². The van der Waals surface area contributed by atoms with Crippen molar-refractivity contribution >= 4 is 51.8 Å². The molecule has 1 N–H and O–H groups in total. The molecule has 102 valence electrons. The van der Waals surface area contributed by atoms with E-state index in [1.54, 1.807) is 6.07 Å². The van der Waals surface area contributed by atoms with Crippen molar-refractivity contribution in [2.75, 3.05) is 5.32 Å². The van der Waals surface area contributed by atoms with Crippen LogP contribution in [0.5, 0.6) is 0 Å². The zero-order valence-corrected chi connectivity index (χ0v) is 12.1. The topological polar surface area (TPSA) is 59.1 Å². The second-order valence-electron chi connectivity index (χ2n) is 3.78. The quantitative estimate of drug-likeness (QED) is 0.865. The Morgan fingerprint density at radius 3 is 2.45 bits per heavy atom. The van der Waals surface area contributed by atoms with Crippen molar-refractivity contribution in [3.05, 3.63) is 57.7 Å². The SMILES string of the molecule is O=C(Cl)c1ccc(NC(=O)c2cc(Cl)ccc2Cl)nc1. The Bertz CT molecular complexity index is 672. The molecule has 2 rings (SSSR count). The standard InChI is InChI=1S/C13H7Cl3N2O2/c14-8-2-3-10(15)9(5-8)13(20)18-11-4-1-7(6-17-11)12(16)19/h1-6H,(H,17,18,20). The molecular formula is C13H7Cl3N2O2. The van der Waals surface area contributed by atoms with Crippen molar-refractivity contribution in [2.24, 2.45) is 0 Å². The predicted molar refractivity (Wildman–Crippen MR) is 78.8 cm³/mol. The number of carbonyl (C=O) groups is 2. The summed E-state index contributed by atoms with van der Waals surface area (Å²) in [6, 6.07) is 7.49. The summed E-state index contributed by atoms with van der Waals surface area (Å²) in [7, 11) is 0. The first kappa shape index (κ1) is 14.8. The van der Waals surface area contributed by atoms with Crippen LogP contribution in [0.1, 0.15) is 20.7 Å². The third-order valence-electron chi connectivity index (χ3n) is 2.41. The molecule has 0 spiro atoms. The molecule has 0 bridgehead atoms. The normalized spacial score (nSPS) is 10.2. The molecule has 0 aliphatic heterocycles. The van der Waals surface area contributed by atoms with Crippen LogP contribution in [0.3, 0.4) is 0 Å². The van der Waals surface area contributed by atoms with Gasteiger partial charge < -0.3 is 5.32 Å². The summed E-state index contributed by atoms with van der Waals surface area (Å²) in [5.74, 6) is -0.178. The minimum absolute atomic E-state index is 0.235. The summed E-state index contributed by atoms with van der Waals surface area (Å²) >= 11 is 17.0. The van der Waals surface area contributed by atoms with Crippen molar-refractivity contribution < 1.29 is 9.59 Å². The summed E-state index contributed by atoms with van der Waals surface area (Å²) in [6.07, 6.45) is 1.27. The predicted octanol–water partition coefficient (Wildman–Crippen LogP) is 4.02. The number of benzene rings is 1. The van der Waals surface area contributed by atoms with Crippen LogP contribution in [0.4, 0.5) is 5.82 Å². The Morgan fingerprint density at radius 1 is 1.10 bits per heavy atom. The van der Waals surface area contributed by atoms with E-state index in [0.29, 0.717) is 5.02 Å². The van der Waals surface area contributed by atoms with E-state index in [4.69, 9.17) is 34.8 Å². The molecule has 0 atom stereocenters. The molecule has 0 aliphatic rings. The van der Waals surface area contributed by atoms with Crippen LogP contribution in [-0.4, -0.2) is 16.1 Å². The number of hydrogen-bond acceptors (Lipinski definition) is 3. The zero-order valence-electron chi connectivity index (χ0n) is 9.86. The molecule has 1 amide bonds. The number of halogens is 3. The Kier molecular flexibility index (Phi) is 4.60. The van der Waals surface area contributed by atoms with E-state index in [9.17, 15) is 9.59 Å². The Balaban J connectivity index is 2.19. The molecule has 0 saturated heterocycles. The van der Waals surface area contributed by atoms with Gasteiger partial charge >= 0.3 is 0 Å². The molecule has 0 aliphatic carbocycles. The summed E-state index contributed by atoms with van der Waals surface area (Å²) < 4.78 is 0. The van der Waals surface area contributed by atoms with E-state index < -0.39 is 11.1 Å². The molecule has 20 heavy (non-hydrogen) atoms. The third-order valence-corrected chi connectivity index (χ3v) is 3.19. The second-order valence-corrected chi connectivity index (χ2v) is 4.97. The average Bonchev–Trinajstić information content (AvgIpc) is 2.42. The molecule has 2 aromatic rings. The lowest BCUT2D eigenvalue weighted by molar-refractivity contribution is 0.102. The molecule has 0 fully saturated rings. The molecule has 0 unspecified atom stereocenters. The molecule has 7 heteroatoms. The highest BCUT2D eigenvalue weighted by Gasteiger charge is 2.12. The maximum absolute atomic E-state index is 12.0. The second kappa shape index (κ2) is 6.22. The zero-order chi connectivity index (χ0) is 14.7. The van der Waals surface area contributed by atoms with Crippen LogP contribution in [0.15, 0.2) is 36.5 Å². The fourth-order valence-electron chi connectivity index (χ4n) is 1.44. The first-order chi connectivity index (χ1) is 9.47. The lowest BCUT2D eigenvalue weighted by Crippen LogP contribution is -2.13. The van der Waals surface area contributed by atoms with Gasteiger partial charge in [0.15, 0.2) is 0 Å². The highest BCUT2D eigenvalue weighted by atomic mass is 35.5. The number of carbonyl (C=O) groups excluding carboxylic acids is 2. The summed E-state index contributed by atoms with van der Waals surface area (Å²) in [5.41, 5.74) is 0.476. The van der Waals surface area contributed by atoms with Crippen LogP contribution in [-0.2, 0) is 0 Å². The van der Waals surface area contributed by atoms with Crippen molar-refractivity contribution in [1.29, 1.82) is 0 Å². The van der Waals surface area contributed by atoms with Gasteiger partial charge in [-0.15, -0.1) is 0 Å². The molecule has 1 heterocycles. The smallest absolute Gasteiger partial charge is 0.258 e. The lowest BCUT2D eigenvalue weighted by Gasteiger charge is -2.06. The third kappa shape index (κ3) is 3.48. The summed E-state index contributed by atoms with van der Waals surface area (Å²) in [6.45, 7) is 0. The van der Waals surface area contributed by atoms with Gasteiger partial charge in [0.05, 0.1) is 16.1 Å². The Hall–Kier alpha value is -1.62. The van der Waals surface area contributed by atoms with Crippen LogP contribution in [0.2, 0.25) is 10.0 Å². The van der Waals surface area contributed by atoms with E-state index >= 15 is 0 Å². The molecule has 1 aromatic heterocycles. The summed E-state index contributed by atoms with van der Waals surface area (Å²) in [5, 5.41) is 2.60. The van der Waals surface area contributed by atoms with Gasteiger partial charge in [-0.2, -0.15) is 0 Å². The van der Waals surface area contributed by atoms with E-state index in [2.05, 4.69) is 10.3 Å². The fourth-order valence-corrected chi connectivity index (χ4v) is 1.93. The summed E-state index contributed by atoms with van der Waals surface area (Å²) in [4.78, 5) is 26.8. The molecule has 4 nitrogen and oxygen atoms in total. The van der Waals surface area contributed by atoms with Gasteiger partial charge in [-0.25, -0.2) is 4.98 Å². The Labute approximate surface area is 129 Å². The number of hydrogen-bond donors (Lipinski definition) is 1. The van der Waals surface area contributed by atoms with Crippen molar-refractivity contribution in [2.45, 2.75) is 0 Å². The first-order valence-corrected chi connectivity index (χ1v) is 6.53. The largest absolute Gasteiger partial charge is 0.307 e. The van der Waals surface area contributed by atoms with Gasteiger partial charge in [-0.1, -0.05) is 23.2 Å². The minimum Gasteiger partial charge on any atom is -0.307 e. The average molecular weight is 330 g/mol.